The molecule has 0 aromatic heterocycles. The Morgan fingerprint density at radius 1 is 0.269 bits per heavy atom. The van der Waals surface area contributed by atoms with Gasteiger partial charge in [-0.05, 0) is 68.8 Å². The monoisotopic (exact) mass is 680 g/mol. The van der Waals surface area contributed by atoms with E-state index in [0.29, 0.717) is 0 Å². The van der Waals surface area contributed by atoms with Crippen LogP contribution in [0.1, 0.15) is 68.2 Å². The van der Waals surface area contributed by atoms with Gasteiger partial charge in [0.05, 0.1) is 28.4 Å². The van der Waals surface area contributed by atoms with Crippen LogP contribution in [-0.2, 0) is 0 Å². The largest absolute Gasteiger partial charge is 0.496 e. The van der Waals surface area contributed by atoms with E-state index in [2.05, 4.69) is 121 Å². The Balaban J connectivity index is 1.24. The lowest BCUT2D eigenvalue weighted by molar-refractivity contribution is 0.392. The first-order valence-electron chi connectivity index (χ1n) is 17.9. The van der Waals surface area contributed by atoms with Crippen LogP contribution < -0.4 is 18.9 Å². The summed E-state index contributed by atoms with van der Waals surface area (Å²) in [5.41, 5.74) is 14.1. The van der Waals surface area contributed by atoms with Gasteiger partial charge in [0.2, 0.25) is 0 Å². The number of rotatable bonds is 4. The predicted octanol–water partition coefficient (Wildman–Crippen LogP) is 11.0. The van der Waals surface area contributed by atoms with Crippen molar-refractivity contribution in [2.75, 3.05) is 28.4 Å². The number of hydrogen-bond donors (Lipinski definition) is 0. The van der Waals surface area contributed by atoms with Gasteiger partial charge in [0.15, 0.2) is 0 Å². The molecule has 256 valence electrons. The average molecular weight is 681 g/mol. The average Bonchev–Trinajstić information content (AvgIpc) is 3.22. The zero-order chi connectivity index (χ0) is 35.3. The molecule has 4 heteroatoms. The summed E-state index contributed by atoms with van der Waals surface area (Å²) < 4.78 is 24.1. The van der Waals surface area contributed by atoms with Crippen molar-refractivity contribution in [1.82, 2.24) is 0 Å². The van der Waals surface area contributed by atoms with Crippen molar-refractivity contribution in [2.24, 2.45) is 0 Å². The van der Waals surface area contributed by atoms with Gasteiger partial charge in [-0.3, -0.25) is 0 Å². The Hall–Kier alpha value is -6.00. The molecule has 0 saturated carbocycles. The summed E-state index contributed by atoms with van der Waals surface area (Å²) in [7, 11) is 7.02. The highest BCUT2D eigenvalue weighted by atomic mass is 16.5. The van der Waals surface area contributed by atoms with E-state index >= 15 is 0 Å². The van der Waals surface area contributed by atoms with E-state index in [1.54, 1.807) is 28.4 Å². The third-order valence-electron chi connectivity index (χ3n) is 11.3. The standard InChI is InChI=1S/C48H40O4/c1-49-41-25-26-42(50-2)46-38-22-21-37(45(41)46)33-13-5-29(6-14-33)31-9-17-35(18-10-31)39-23-24-40(48-44(52-4)28-27-43(51-3)47(39)48)36-19-11-32(12-20-36)30-7-15-34(38)16-8-30/h5-28,37-40H,1-4H3/t37-,38+,39+,40-. The maximum absolute atomic E-state index is 6.02. The maximum atomic E-state index is 6.02. The van der Waals surface area contributed by atoms with Crippen LogP contribution in [0, 0.1) is 0 Å². The van der Waals surface area contributed by atoms with Crippen LogP contribution in [0.5, 0.6) is 23.0 Å². The lowest BCUT2D eigenvalue weighted by atomic mass is 9.74. The Bertz CT molecular complexity index is 2000. The topological polar surface area (TPSA) is 36.9 Å². The number of benzene rings is 6. The highest BCUT2D eigenvalue weighted by Gasteiger charge is 2.33. The van der Waals surface area contributed by atoms with Gasteiger partial charge in [0, 0.05) is 45.9 Å². The number of allylic oxidation sites excluding steroid dienone is 4. The minimum atomic E-state index is 0.0185. The van der Waals surface area contributed by atoms with Crippen molar-refractivity contribution in [2.45, 2.75) is 23.7 Å². The molecule has 0 unspecified atom stereocenters. The van der Waals surface area contributed by atoms with Crippen LogP contribution in [0.15, 0.2) is 146 Å². The molecule has 4 atom stereocenters. The van der Waals surface area contributed by atoms with Crippen molar-refractivity contribution in [3.8, 4) is 45.3 Å². The Morgan fingerprint density at radius 2 is 0.462 bits per heavy atom. The molecule has 0 radical (unpaired) electrons. The van der Waals surface area contributed by atoms with E-state index in [1.807, 2.05) is 24.3 Å². The summed E-state index contributed by atoms with van der Waals surface area (Å²) in [5, 5.41) is 0. The van der Waals surface area contributed by atoms with Gasteiger partial charge < -0.3 is 18.9 Å². The first kappa shape index (κ1) is 31.9. The molecule has 0 heterocycles. The summed E-state index contributed by atoms with van der Waals surface area (Å²) in [6, 6.07) is 43.9. The van der Waals surface area contributed by atoms with Crippen LogP contribution in [-0.4, -0.2) is 28.4 Å². The minimum absolute atomic E-state index is 0.0185. The molecule has 0 fully saturated rings. The van der Waals surface area contributed by atoms with Crippen LogP contribution in [0.4, 0.5) is 0 Å². The molecule has 0 aliphatic heterocycles. The second kappa shape index (κ2) is 13.0. The lowest BCUT2D eigenvalue weighted by Gasteiger charge is -2.31. The molecule has 0 N–H and O–H groups in total. The van der Waals surface area contributed by atoms with Gasteiger partial charge >= 0.3 is 0 Å². The van der Waals surface area contributed by atoms with Crippen molar-refractivity contribution in [3.63, 3.8) is 0 Å². The molecule has 4 nitrogen and oxygen atoms in total. The minimum Gasteiger partial charge on any atom is -0.496 e. The van der Waals surface area contributed by atoms with Gasteiger partial charge in [0.25, 0.3) is 0 Å². The van der Waals surface area contributed by atoms with Gasteiger partial charge in [-0.15, -0.1) is 0 Å². The molecular weight excluding hydrogens is 641 g/mol. The highest BCUT2D eigenvalue weighted by molar-refractivity contribution is 5.70. The molecule has 6 aromatic carbocycles. The van der Waals surface area contributed by atoms with Crippen molar-refractivity contribution in [3.05, 3.63) is 190 Å². The number of methoxy groups -OCH3 is 4. The zero-order valence-electron chi connectivity index (χ0n) is 29.8. The smallest absolute Gasteiger partial charge is 0.123 e. The van der Waals surface area contributed by atoms with Crippen molar-refractivity contribution >= 4 is 0 Å². The van der Waals surface area contributed by atoms with Crippen LogP contribution in [0.2, 0.25) is 0 Å². The van der Waals surface area contributed by atoms with E-state index in [9.17, 15) is 0 Å². The molecular formula is C48H40O4. The molecule has 0 amide bonds. The Morgan fingerprint density at radius 3 is 0.635 bits per heavy atom. The molecule has 22 rings (SSSR count). The zero-order valence-corrected chi connectivity index (χ0v) is 29.8. The van der Waals surface area contributed by atoms with Crippen LogP contribution in [0.25, 0.3) is 22.3 Å². The van der Waals surface area contributed by atoms with E-state index in [1.165, 1.54) is 44.5 Å². The first-order chi connectivity index (χ1) is 25.6. The van der Waals surface area contributed by atoms with Gasteiger partial charge in [-0.25, -0.2) is 0 Å². The fourth-order valence-electron chi connectivity index (χ4n) is 8.66. The number of ether oxygens (including phenoxy) is 4. The Kier molecular flexibility index (Phi) is 7.96. The third-order valence-corrected chi connectivity index (χ3v) is 11.3. The number of fused-ring (bicyclic) bond motifs is 1. The van der Waals surface area contributed by atoms with E-state index in [-0.39, 0.29) is 23.7 Å². The molecule has 12 bridgehead atoms. The molecule has 0 spiro atoms. The fraction of sp³-hybridized carbons (Fsp3) is 0.167. The lowest BCUT2D eigenvalue weighted by Crippen LogP contribution is -2.15. The SMILES string of the molecule is COc1ccc(OC)c2c1[C@@H]1C=C[C@H]2c2ccc(cc2)-c2ccc(cc2)[C@H]2C=C[C@@H](c3ccc(cc3)-c3ccc1cc3)c1c(OC)ccc(OC)c12. The van der Waals surface area contributed by atoms with Gasteiger partial charge in [-0.2, -0.15) is 0 Å². The van der Waals surface area contributed by atoms with Crippen LogP contribution in [0.3, 0.4) is 0 Å². The molecule has 16 aliphatic rings. The molecule has 0 saturated heterocycles. The second-order valence-electron chi connectivity index (χ2n) is 13.8. The Labute approximate surface area is 305 Å². The van der Waals surface area contributed by atoms with E-state index < -0.39 is 0 Å². The van der Waals surface area contributed by atoms with Crippen molar-refractivity contribution < 1.29 is 18.9 Å². The third kappa shape index (κ3) is 5.12. The van der Waals surface area contributed by atoms with Gasteiger partial charge in [-0.1, -0.05) is 121 Å². The van der Waals surface area contributed by atoms with Gasteiger partial charge in [0.1, 0.15) is 23.0 Å². The quantitative estimate of drug-likeness (QED) is 0.174. The summed E-state index contributed by atoms with van der Waals surface area (Å²) >= 11 is 0. The fourth-order valence-corrected chi connectivity index (χ4v) is 8.66. The summed E-state index contributed by atoms with van der Waals surface area (Å²) in [6.45, 7) is 0. The van der Waals surface area contributed by atoms with Crippen molar-refractivity contribution in [1.29, 1.82) is 0 Å². The summed E-state index contributed by atoms with van der Waals surface area (Å²) in [6.07, 6.45) is 9.31. The van der Waals surface area contributed by atoms with E-state index in [4.69, 9.17) is 18.9 Å². The maximum Gasteiger partial charge on any atom is 0.123 e. The predicted molar refractivity (Wildman–Crippen MR) is 208 cm³/mol. The normalized spacial score (nSPS) is 19.0. The summed E-state index contributed by atoms with van der Waals surface area (Å²) in [5.74, 6) is 3.54. The number of hydrogen-bond acceptors (Lipinski definition) is 4. The first-order valence-corrected chi connectivity index (χ1v) is 17.9. The molecule has 6 aromatic rings. The molecule has 52 heavy (non-hydrogen) atoms. The molecule has 16 aliphatic carbocycles. The van der Waals surface area contributed by atoms with E-state index in [0.717, 1.165) is 45.3 Å². The summed E-state index contributed by atoms with van der Waals surface area (Å²) in [4.78, 5) is 0. The second-order valence-corrected chi connectivity index (χ2v) is 13.8. The highest BCUT2D eigenvalue weighted by Crippen LogP contribution is 2.51. The van der Waals surface area contributed by atoms with Crippen LogP contribution >= 0.6 is 0 Å².